The van der Waals surface area contributed by atoms with Gasteiger partial charge in [0.2, 0.25) is 0 Å². The summed E-state index contributed by atoms with van der Waals surface area (Å²) in [6, 6.07) is 102. The molecule has 382 valence electrons. The van der Waals surface area contributed by atoms with Crippen molar-refractivity contribution in [3.63, 3.8) is 0 Å². The minimum Gasteiger partial charge on any atom is -0.135 e. The van der Waals surface area contributed by atoms with E-state index in [1.807, 2.05) is 11.3 Å². The summed E-state index contributed by atoms with van der Waals surface area (Å²) < 4.78 is 0. The van der Waals surface area contributed by atoms with Crippen LogP contribution in [-0.4, -0.2) is 0 Å². The van der Waals surface area contributed by atoms with E-state index in [9.17, 15) is 0 Å². The van der Waals surface area contributed by atoms with Crippen LogP contribution in [0.15, 0.2) is 267 Å². The van der Waals surface area contributed by atoms with Crippen LogP contribution in [0.3, 0.4) is 0 Å². The largest absolute Gasteiger partial charge is 0.135 e. The van der Waals surface area contributed by atoms with Crippen LogP contribution in [0, 0.1) is 0 Å². The van der Waals surface area contributed by atoms with Crippen LogP contribution in [0.4, 0.5) is 0 Å². The quantitative estimate of drug-likeness (QED) is 0.156. The van der Waals surface area contributed by atoms with E-state index in [0.29, 0.717) is 0 Å². The fourth-order valence-electron chi connectivity index (χ4n) is 15.9. The molecule has 4 aliphatic rings. The Balaban J connectivity index is 0.847. The van der Waals surface area contributed by atoms with Gasteiger partial charge in [0.1, 0.15) is 0 Å². The number of thiophene rings is 1. The second-order valence-electron chi connectivity index (χ2n) is 24.2. The zero-order chi connectivity index (χ0) is 54.0. The standard InChI is InChI=1S/C80H56S/c1-77(2)65-39-35-49-21-17-19-31-57(49)75(65)63-47-71-61(45-67(63)77)59-37-33-51(43-69(59)79(71,53-23-9-5-10-24-53)54-25-11-6-12-26-54)73-41-42-74(81-73)52-34-38-60-62-46-68-64(76-58-32-20-18-22-50(58)36-40-66(76)78(68,3)4)48-72(62)80(70(60)44-52,55-27-13-7-14-28-55)56-29-15-8-16-30-56/h5-48H,1-4H3. The minimum absolute atomic E-state index is 0.164. The van der Waals surface area contributed by atoms with E-state index < -0.39 is 10.8 Å². The molecule has 0 nitrogen and oxygen atoms in total. The van der Waals surface area contributed by atoms with Gasteiger partial charge in [-0.15, -0.1) is 11.3 Å². The Labute approximate surface area is 478 Å². The van der Waals surface area contributed by atoms with Crippen molar-refractivity contribution in [3.05, 3.63) is 334 Å². The number of rotatable bonds is 6. The first-order valence-electron chi connectivity index (χ1n) is 28.7. The van der Waals surface area contributed by atoms with E-state index in [1.54, 1.807) is 0 Å². The average Bonchev–Trinajstić information content (AvgIpc) is 2.49. The van der Waals surface area contributed by atoms with E-state index in [0.717, 1.165) is 0 Å². The zero-order valence-corrected chi connectivity index (χ0v) is 46.6. The highest BCUT2D eigenvalue weighted by Gasteiger charge is 2.51. The molecule has 13 aromatic rings. The van der Waals surface area contributed by atoms with Crippen molar-refractivity contribution in [2.75, 3.05) is 0 Å². The Morgan fingerprint density at radius 1 is 0.247 bits per heavy atom. The summed E-state index contributed by atoms with van der Waals surface area (Å²) in [5.41, 5.74) is 27.8. The molecular formula is C80H56S. The minimum atomic E-state index is -0.562. The summed E-state index contributed by atoms with van der Waals surface area (Å²) >= 11 is 1.90. The fourth-order valence-corrected chi connectivity index (χ4v) is 16.9. The highest BCUT2D eigenvalue weighted by molar-refractivity contribution is 7.18. The SMILES string of the molecule is CC1(C)c2cc3c(cc2-c2c1ccc1ccccc21)C(c1ccccc1)(c1ccccc1)c1cc(-c2ccc(-c4ccc5c(c4)C(c4ccccc4)(c4ccccc4)c4cc6c(cc4-5)C(C)(C)c4ccc5ccccc5c4-6)s2)ccc1-3. The van der Waals surface area contributed by atoms with E-state index >= 15 is 0 Å². The van der Waals surface area contributed by atoms with Gasteiger partial charge >= 0.3 is 0 Å². The Kier molecular flexibility index (Phi) is 9.64. The van der Waals surface area contributed by atoms with E-state index in [-0.39, 0.29) is 10.8 Å². The Morgan fingerprint density at radius 3 is 0.963 bits per heavy atom. The van der Waals surface area contributed by atoms with Gasteiger partial charge in [-0.05, 0) is 192 Å². The molecule has 1 heterocycles. The lowest BCUT2D eigenvalue weighted by molar-refractivity contribution is 0.660. The molecule has 1 heteroatoms. The van der Waals surface area contributed by atoms with Gasteiger partial charge in [-0.3, -0.25) is 0 Å². The van der Waals surface area contributed by atoms with Gasteiger partial charge in [0, 0.05) is 20.6 Å². The van der Waals surface area contributed by atoms with Gasteiger partial charge in [-0.1, -0.05) is 246 Å². The molecule has 0 N–H and O–H groups in total. The first-order valence-corrected chi connectivity index (χ1v) is 29.5. The van der Waals surface area contributed by atoms with Crippen molar-refractivity contribution in [1.82, 2.24) is 0 Å². The molecule has 0 saturated heterocycles. The van der Waals surface area contributed by atoms with Crippen LogP contribution < -0.4 is 0 Å². The molecule has 81 heavy (non-hydrogen) atoms. The molecule has 0 saturated carbocycles. The monoisotopic (exact) mass is 1050 g/mol. The second kappa shape index (κ2) is 16.7. The number of fused-ring (bicyclic) bond motifs is 16. The molecule has 17 rings (SSSR count). The molecule has 0 aliphatic heterocycles. The maximum Gasteiger partial charge on any atom is 0.0714 e. The predicted octanol–water partition coefficient (Wildman–Crippen LogP) is 20.7. The molecule has 0 spiro atoms. The molecule has 0 atom stereocenters. The van der Waals surface area contributed by atoms with Gasteiger partial charge in [0.15, 0.2) is 0 Å². The van der Waals surface area contributed by atoms with E-state index in [2.05, 4.69) is 295 Å². The molecule has 0 bridgehead atoms. The second-order valence-corrected chi connectivity index (χ2v) is 25.3. The smallest absolute Gasteiger partial charge is 0.0714 e. The highest BCUT2D eigenvalue weighted by atomic mass is 32.1. The highest BCUT2D eigenvalue weighted by Crippen LogP contribution is 2.64. The molecule has 12 aromatic carbocycles. The van der Waals surface area contributed by atoms with Crippen molar-refractivity contribution in [3.8, 4) is 65.4 Å². The number of hydrogen-bond acceptors (Lipinski definition) is 1. The van der Waals surface area contributed by atoms with Crippen LogP contribution in [0.1, 0.15) is 94.5 Å². The van der Waals surface area contributed by atoms with Gasteiger partial charge in [-0.2, -0.15) is 0 Å². The normalized spacial score (nSPS) is 15.6. The maximum absolute atomic E-state index is 2.60. The van der Waals surface area contributed by atoms with Crippen molar-refractivity contribution in [1.29, 1.82) is 0 Å². The van der Waals surface area contributed by atoms with Crippen LogP contribution in [-0.2, 0) is 21.7 Å². The van der Waals surface area contributed by atoms with E-state index in [1.165, 1.54) is 154 Å². The Hall–Kier alpha value is -9.14. The topological polar surface area (TPSA) is 0 Å². The third-order valence-corrected chi connectivity index (χ3v) is 20.8. The molecular weight excluding hydrogens is 993 g/mol. The number of hydrogen-bond donors (Lipinski definition) is 0. The van der Waals surface area contributed by atoms with Gasteiger partial charge < -0.3 is 0 Å². The lowest BCUT2D eigenvalue weighted by Crippen LogP contribution is -2.28. The van der Waals surface area contributed by atoms with Crippen molar-refractivity contribution >= 4 is 32.9 Å². The molecule has 0 fully saturated rings. The van der Waals surface area contributed by atoms with Crippen LogP contribution in [0.2, 0.25) is 0 Å². The fraction of sp³-hybridized carbons (Fsp3) is 0.100. The van der Waals surface area contributed by atoms with Gasteiger partial charge in [0.25, 0.3) is 0 Å². The van der Waals surface area contributed by atoms with Crippen molar-refractivity contribution in [2.24, 2.45) is 0 Å². The Bertz CT molecular complexity index is 4400. The van der Waals surface area contributed by atoms with Crippen LogP contribution in [0.25, 0.3) is 86.9 Å². The summed E-state index contributed by atoms with van der Waals surface area (Å²) in [7, 11) is 0. The van der Waals surface area contributed by atoms with Crippen molar-refractivity contribution < 1.29 is 0 Å². The first kappa shape index (κ1) is 46.7. The summed E-state index contributed by atoms with van der Waals surface area (Å²) in [4.78, 5) is 2.52. The molecule has 4 aliphatic carbocycles. The molecule has 0 radical (unpaired) electrons. The zero-order valence-electron chi connectivity index (χ0n) is 45.8. The Morgan fingerprint density at radius 2 is 0.580 bits per heavy atom. The lowest BCUT2D eigenvalue weighted by atomic mass is 9.67. The molecule has 0 unspecified atom stereocenters. The number of benzene rings is 12. The summed E-state index contributed by atoms with van der Waals surface area (Å²) in [6.45, 7) is 9.68. The van der Waals surface area contributed by atoms with Crippen LogP contribution >= 0.6 is 11.3 Å². The summed E-state index contributed by atoms with van der Waals surface area (Å²) in [6.07, 6.45) is 0. The first-order chi connectivity index (χ1) is 39.7. The van der Waals surface area contributed by atoms with Crippen molar-refractivity contribution in [2.45, 2.75) is 49.4 Å². The third-order valence-electron chi connectivity index (χ3n) is 19.6. The summed E-state index contributed by atoms with van der Waals surface area (Å²) in [5.74, 6) is 0. The third kappa shape index (κ3) is 6.14. The maximum atomic E-state index is 2.60. The lowest BCUT2D eigenvalue weighted by Gasteiger charge is -2.34. The van der Waals surface area contributed by atoms with E-state index in [4.69, 9.17) is 0 Å². The summed E-state index contributed by atoms with van der Waals surface area (Å²) in [5, 5.41) is 5.21. The molecule has 1 aromatic heterocycles. The van der Waals surface area contributed by atoms with Gasteiger partial charge in [-0.25, -0.2) is 0 Å². The average molecular weight is 1050 g/mol. The van der Waals surface area contributed by atoms with Gasteiger partial charge in [0.05, 0.1) is 10.8 Å². The predicted molar refractivity (Wildman–Crippen MR) is 340 cm³/mol. The van der Waals surface area contributed by atoms with Crippen LogP contribution in [0.5, 0.6) is 0 Å². The molecule has 0 amide bonds.